The van der Waals surface area contributed by atoms with Crippen LogP contribution in [0.2, 0.25) is 0 Å². The predicted octanol–water partition coefficient (Wildman–Crippen LogP) is 1.48. The molecule has 0 aliphatic heterocycles. The van der Waals surface area contributed by atoms with E-state index in [0.717, 1.165) is 18.4 Å². The summed E-state index contributed by atoms with van der Waals surface area (Å²) in [5.41, 5.74) is 2.71. The van der Waals surface area contributed by atoms with E-state index in [0.29, 0.717) is 5.56 Å². The first-order valence-electron chi connectivity index (χ1n) is 3.63. The summed E-state index contributed by atoms with van der Waals surface area (Å²) >= 11 is 0. The maximum absolute atomic E-state index is 10.6. The third-order valence-electron chi connectivity index (χ3n) is 2.15. The number of hydrogen-bond acceptors (Lipinski definition) is 1. The van der Waals surface area contributed by atoms with Crippen molar-refractivity contribution in [2.45, 2.75) is 12.8 Å². The van der Waals surface area contributed by atoms with Crippen LogP contribution in [-0.2, 0) is 12.8 Å². The number of carboxylic acid groups (broad SMARTS) is 1. The van der Waals surface area contributed by atoms with Gasteiger partial charge < -0.3 is 5.11 Å². The van der Waals surface area contributed by atoms with E-state index >= 15 is 0 Å². The van der Waals surface area contributed by atoms with Gasteiger partial charge in [-0.2, -0.15) is 0 Å². The van der Waals surface area contributed by atoms with Crippen LogP contribution < -0.4 is 0 Å². The van der Waals surface area contributed by atoms with Crippen molar-refractivity contribution < 1.29 is 9.90 Å². The van der Waals surface area contributed by atoms with Crippen molar-refractivity contribution in [1.82, 2.24) is 0 Å². The van der Waals surface area contributed by atoms with E-state index < -0.39 is 5.97 Å². The van der Waals surface area contributed by atoms with Crippen LogP contribution in [0.4, 0.5) is 0 Å². The van der Waals surface area contributed by atoms with Crippen molar-refractivity contribution in [2.75, 3.05) is 0 Å². The molecule has 1 N–H and O–H groups in total. The molecule has 0 saturated carbocycles. The van der Waals surface area contributed by atoms with Crippen LogP contribution >= 0.6 is 0 Å². The molecular formula is C9H8O2. The molecule has 0 fully saturated rings. The summed E-state index contributed by atoms with van der Waals surface area (Å²) in [7, 11) is 0. The fourth-order valence-electron chi connectivity index (χ4n) is 1.45. The highest BCUT2D eigenvalue weighted by atomic mass is 16.4. The van der Waals surface area contributed by atoms with Crippen molar-refractivity contribution in [1.29, 1.82) is 0 Å². The first-order chi connectivity index (χ1) is 5.29. The molecule has 0 radical (unpaired) electrons. The lowest BCUT2D eigenvalue weighted by atomic mass is 9.85. The molecule has 0 heterocycles. The molecule has 1 aliphatic rings. The van der Waals surface area contributed by atoms with E-state index in [1.807, 2.05) is 6.07 Å². The second kappa shape index (κ2) is 2.09. The largest absolute Gasteiger partial charge is 0.478 e. The van der Waals surface area contributed by atoms with E-state index in [-0.39, 0.29) is 0 Å². The second-order valence-electron chi connectivity index (χ2n) is 2.75. The lowest BCUT2D eigenvalue weighted by Crippen LogP contribution is -2.14. The number of benzene rings is 1. The Hall–Kier alpha value is -1.31. The molecule has 0 atom stereocenters. The maximum atomic E-state index is 10.6. The molecular weight excluding hydrogens is 140 g/mol. The van der Waals surface area contributed by atoms with Crippen LogP contribution in [0.5, 0.6) is 0 Å². The summed E-state index contributed by atoms with van der Waals surface area (Å²) in [5.74, 6) is -0.804. The Morgan fingerprint density at radius 2 is 2.18 bits per heavy atom. The van der Waals surface area contributed by atoms with Crippen LogP contribution in [-0.4, -0.2) is 11.1 Å². The molecule has 2 heteroatoms. The van der Waals surface area contributed by atoms with Gasteiger partial charge in [-0.1, -0.05) is 12.1 Å². The zero-order valence-electron chi connectivity index (χ0n) is 6.00. The van der Waals surface area contributed by atoms with Gasteiger partial charge in [0.15, 0.2) is 0 Å². The fraction of sp³-hybridized carbons (Fsp3) is 0.222. The van der Waals surface area contributed by atoms with E-state index in [9.17, 15) is 4.79 Å². The summed E-state index contributed by atoms with van der Waals surface area (Å²) in [6, 6.07) is 5.47. The Morgan fingerprint density at radius 1 is 1.36 bits per heavy atom. The predicted molar refractivity (Wildman–Crippen MR) is 40.8 cm³/mol. The normalized spacial score (nSPS) is 13.5. The third-order valence-corrected chi connectivity index (χ3v) is 2.15. The minimum absolute atomic E-state index is 0.480. The first-order valence-corrected chi connectivity index (χ1v) is 3.63. The zero-order valence-corrected chi connectivity index (χ0v) is 6.00. The van der Waals surface area contributed by atoms with E-state index in [2.05, 4.69) is 0 Å². The van der Waals surface area contributed by atoms with Gasteiger partial charge in [-0.05, 0) is 30.0 Å². The van der Waals surface area contributed by atoms with Crippen molar-refractivity contribution in [3.8, 4) is 0 Å². The second-order valence-corrected chi connectivity index (χ2v) is 2.75. The van der Waals surface area contributed by atoms with Gasteiger partial charge in [-0.3, -0.25) is 0 Å². The average Bonchev–Trinajstić information content (AvgIpc) is 1.90. The highest BCUT2D eigenvalue weighted by Gasteiger charge is 2.19. The number of hydrogen-bond donors (Lipinski definition) is 1. The molecule has 1 aliphatic carbocycles. The Kier molecular flexibility index (Phi) is 1.22. The minimum Gasteiger partial charge on any atom is -0.478 e. The number of aryl methyl sites for hydroxylation is 1. The molecule has 0 bridgehead atoms. The lowest BCUT2D eigenvalue weighted by molar-refractivity contribution is 0.0695. The van der Waals surface area contributed by atoms with Gasteiger partial charge in [-0.15, -0.1) is 0 Å². The number of carbonyl (C=O) groups is 1. The first kappa shape index (κ1) is 6.40. The molecule has 1 aromatic rings. The average molecular weight is 148 g/mol. The summed E-state index contributed by atoms with van der Waals surface area (Å²) in [5, 5.41) is 8.72. The third kappa shape index (κ3) is 0.827. The van der Waals surface area contributed by atoms with Gasteiger partial charge in [0.1, 0.15) is 0 Å². The van der Waals surface area contributed by atoms with Crippen LogP contribution in [0, 0.1) is 0 Å². The number of rotatable bonds is 1. The molecule has 2 nitrogen and oxygen atoms in total. The molecule has 1 aromatic carbocycles. The van der Waals surface area contributed by atoms with Gasteiger partial charge in [0.25, 0.3) is 0 Å². The minimum atomic E-state index is -0.804. The molecule has 0 amide bonds. The molecule has 0 saturated heterocycles. The van der Waals surface area contributed by atoms with Gasteiger partial charge >= 0.3 is 5.97 Å². The molecule has 56 valence electrons. The fourth-order valence-corrected chi connectivity index (χ4v) is 1.45. The van der Waals surface area contributed by atoms with Crippen LogP contribution in [0.25, 0.3) is 0 Å². The summed E-state index contributed by atoms with van der Waals surface area (Å²) in [6.07, 6.45) is 1.97. The van der Waals surface area contributed by atoms with Crippen LogP contribution in [0.15, 0.2) is 18.2 Å². The van der Waals surface area contributed by atoms with Gasteiger partial charge in [-0.25, -0.2) is 4.79 Å². The monoisotopic (exact) mass is 148 g/mol. The summed E-state index contributed by atoms with van der Waals surface area (Å²) < 4.78 is 0. The number of aromatic carboxylic acids is 1. The SMILES string of the molecule is O=C(O)c1cccc2c1CC2. The molecule has 0 unspecified atom stereocenters. The van der Waals surface area contributed by atoms with E-state index in [4.69, 9.17) is 5.11 Å². The number of fused-ring (bicyclic) bond motifs is 1. The van der Waals surface area contributed by atoms with Crippen molar-refractivity contribution in [3.63, 3.8) is 0 Å². The van der Waals surface area contributed by atoms with Crippen molar-refractivity contribution >= 4 is 5.97 Å². The zero-order chi connectivity index (χ0) is 7.84. The van der Waals surface area contributed by atoms with Gasteiger partial charge in [0.05, 0.1) is 5.56 Å². The molecule has 0 spiro atoms. The quantitative estimate of drug-likeness (QED) is 0.655. The van der Waals surface area contributed by atoms with Crippen molar-refractivity contribution in [2.24, 2.45) is 0 Å². The Morgan fingerprint density at radius 3 is 2.64 bits per heavy atom. The highest BCUT2D eigenvalue weighted by molar-refractivity contribution is 5.90. The topological polar surface area (TPSA) is 37.3 Å². The van der Waals surface area contributed by atoms with Crippen molar-refractivity contribution in [3.05, 3.63) is 34.9 Å². The van der Waals surface area contributed by atoms with E-state index in [1.54, 1.807) is 12.1 Å². The smallest absolute Gasteiger partial charge is 0.335 e. The Labute approximate surface area is 64.5 Å². The Balaban J connectivity index is 2.57. The Bertz CT molecular complexity index is 315. The molecule has 11 heavy (non-hydrogen) atoms. The summed E-state index contributed by atoms with van der Waals surface area (Å²) in [4.78, 5) is 10.6. The number of carboxylic acids is 1. The molecule has 2 rings (SSSR count). The van der Waals surface area contributed by atoms with Gasteiger partial charge in [0.2, 0.25) is 0 Å². The van der Waals surface area contributed by atoms with Gasteiger partial charge in [0, 0.05) is 0 Å². The lowest BCUT2D eigenvalue weighted by Gasteiger charge is -2.19. The van der Waals surface area contributed by atoms with Crippen LogP contribution in [0.1, 0.15) is 21.5 Å². The van der Waals surface area contributed by atoms with E-state index in [1.165, 1.54) is 5.56 Å². The summed E-state index contributed by atoms with van der Waals surface area (Å²) in [6.45, 7) is 0. The maximum Gasteiger partial charge on any atom is 0.335 e. The van der Waals surface area contributed by atoms with Crippen LogP contribution in [0.3, 0.4) is 0 Å². The molecule has 0 aromatic heterocycles. The highest BCUT2D eigenvalue weighted by Crippen LogP contribution is 2.25. The standard InChI is InChI=1S/C9H8O2/c10-9(11)8-3-1-2-6-4-5-7(6)8/h1-3H,4-5H2,(H,10,11).